The predicted octanol–water partition coefficient (Wildman–Crippen LogP) is 3.75. The number of amides is 2. The van der Waals surface area contributed by atoms with Gasteiger partial charge in [-0.1, -0.05) is 35.3 Å². The molecule has 1 unspecified atom stereocenters. The molecule has 7 heteroatoms. The normalized spacial score (nSPS) is 16.5. The van der Waals surface area contributed by atoms with E-state index in [1.54, 1.807) is 35.2 Å². The van der Waals surface area contributed by atoms with Crippen molar-refractivity contribution in [1.82, 2.24) is 4.90 Å². The minimum Gasteiger partial charge on any atom is -0.399 e. The molecule has 0 spiro atoms. The fraction of sp³-hybridized carbons (Fsp3) is 0.263. The second-order valence-corrected chi connectivity index (χ2v) is 7.18. The molecule has 0 radical (unpaired) electrons. The van der Waals surface area contributed by atoms with Gasteiger partial charge in [0.2, 0.25) is 11.8 Å². The van der Waals surface area contributed by atoms with E-state index in [-0.39, 0.29) is 18.2 Å². The Morgan fingerprint density at radius 2 is 1.77 bits per heavy atom. The molecule has 0 saturated carbocycles. The number of anilines is 2. The Balaban J connectivity index is 1.67. The number of hydrogen-bond donors (Lipinski definition) is 2. The number of halogens is 2. The van der Waals surface area contributed by atoms with E-state index in [4.69, 9.17) is 28.9 Å². The Hall–Kier alpha value is -2.24. The molecule has 2 amide bonds. The Kier molecular flexibility index (Phi) is 5.69. The lowest BCUT2D eigenvalue weighted by Gasteiger charge is -2.24. The lowest BCUT2D eigenvalue weighted by molar-refractivity contribution is -0.136. The van der Waals surface area contributed by atoms with Crippen LogP contribution in [0.25, 0.3) is 0 Å². The third kappa shape index (κ3) is 4.48. The number of rotatable bonds is 4. The molecule has 26 heavy (non-hydrogen) atoms. The standard InChI is InChI=1S/C19H19Cl2N3O2/c20-13-9-14(21)11-16(10-13)23-19(26)17-2-1-7-24(17)18(25)8-12-3-5-15(22)6-4-12/h3-6,9-11,17H,1-2,7-8,22H2,(H,23,26). The zero-order chi connectivity index (χ0) is 18.7. The number of hydrogen-bond acceptors (Lipinski definition) is 3. The van der Waals surface area contributed by atoms with Crippen molar-refractivity contribution >= 4 is 46.4 Å². The van der Waals surface area contributed by atoms with Gasteiger partial charge in [0.25, 0.3) is 0 Å². The smallest absolute Gasteiger partial charge is 0.247 e. The van der Waals surface area contributed by atoms with Crippen LogP contribution in [0.1, 0.15) is 18.4 Å². The first-order valence-electron chi connectivity index (χ1n) is 8.33. The van der Waals surface area contributed by atoms with Crippen LogP contribution >= 0.6 is 23.2 Å². The highest BCUT2D eigenvalue weighted by Crippen LogP contribution is 2.25. The number of nitrogen functional groups attached to an aromatic ring is 1. The summed E-state index contributed by atoms with van der Waals surface area (Å²) in [7, 11) is 0. The van der Waals surface area contributed by atoms with E-state index in [2.05, 4.69) is 5.32 Å². The van der Waals surface area contributed by atoms with Crippen LogP contribution in [-0.2, 0) is 16.0 Å². The molecular formula is C19H19Cl2N3O2. The number of benzene rings is 2. The summed E-state index contributed by atoms with van der Waals surface area (Å²) in [6, 6.07) is 11.5. The second-order valence-electron chi connectivity index (χ2n) is 6.31. The molecule has 0 aliphatic carbocycles. The zero-order valence-electron chi connectivity index (χ0n) is 14.0. The molecule has 0 aromatic heterocycles. The summed E-state index contributed by atoms with van der Waals surface area (Å²) in [5, 5.41) is 3.68. The fourth-order valence-corrected chi connectivity index (χ4v) is 3.63. The molecule has 1 aliphatic heterocycles. The average Bonchev–Trinajstić information content (AvgIpc) is 3.06. The molecule has 3 rings (SSSR count). The molecular weight excluding hydrogens is 373 g/mol. The zero-order valence-corrected chi connectivity index (χ0v) is 15.6. The molecule has 2 aromatic rings. The summed E-state index contributed by atoms with van der Waals surface area (Å²) in [5.74, 6) is -0.303. The summed E-state index contributed by atoms with van der Waals surface area (Å²) in [5.41, 5.74) is 7.71. The van der Waals surface area contributed by atoms with Gasteiger partial charge in [0.1, 0.15) is 6.04 Å². The number of carbonyl (C=O) groups is 2. The molecule has 5 nitrogen and oxygen atoms in total. The molecule has 1 fully saturated rings. The Morgan fingerprint density at radius 3 is 2.42 bits per heavy atom. The first kappa shape index (κ1) is 18.5. The number of carbonyl (C=O) groups excluding carboxylic acids is 2. The van der Waals surface area contributed by atoms with Crippen molar-refractivity contribution in [3.8, 4) is 0 Å². The third-order valence-corrected chi connectivity index (χ3v) is 4.78. The summed E-state index contributed by atoms with van der Waals surface area (Å²) >= 11 is 11.9. The largest absolute Gasteiger partial charge is 0.399 e. The molecule has 1 saturated heterocycles. The van der Waals surface area contributed by atoms with Crippen molar-refractivity contribution in [2.24, 2.45) is 0 Å². The maximum absolute atomic E-state index is 12.6. The monoisotopic (exact) mass is 391 g/mol. The lowest BCUT2D eigenvalue weighted by Crippen LogP contribution is -2.43. The highest BCUT2D eigenvalue weighted by Gasteiger charge is 2.34. The van der Waals surface area contributed by atoms with Crippen LogP contribution in [0.15, 0.2) is 42.5 Å². The third-order valence-electron chi connectivity index (χ3n) is 4.34. The van der Waals surface area contributed by atoms with Crippen molar-refractivity contribution in [3.05, 3.63) is 58.1 Å². The van der Waals surface area contributed by atoms with Gasteiger partial charge in [-0.15, -0.1) is 0 Å². The highest BCUT2D eigenvalue weighted by atomic mass is 35.5. The van der Waals surface area contributed by atoms with E-state index in [0.717, 1.165) is 12.0 Å². The van der Waals surface area contributed by atoms with Crippen molar-refractivity contribution in [2.45, 2.75) is 25.3 Å². The minimum atomic E-state index is -0.492. The Morgan fingerprint density at radius 1 is 1.12 bits per heavy atom. The van der Waals surface area contributed by atoms with Gasteiger partial charge in [-0.3, -0.25) is 9.59 Å². The van der Waals surface area contributed by atoms with Crippen LogP contribution < -0.4 is 11.1 Å². The number of nitrogens with one attached hydrogen (secondary N) is 1. The Labute approximate surface area is 162 Å². The van der Waals surface area contributed by atoms with Gasteiger partial charge in [-0.25, -0.2) is 0 Å². The van der Waals surface area contributed by atoms with Crippen molar-refractivity contribution in [3.63, 3.8) is 0 Å². The SMILES string of the molecule is Nc1ccc(CC(=O)N2CCCC2C(=O)Nc2cc(Cl)cc(Cl)c2)cc1. The molecule has 1 aliphatic rings. The number of likely N-dealkylation sites (tertiary alicyclic amines) is 1. The van der Waals surface area contributed by atoms with Gasteiger partial charge in [0, 0.05) is 28.0 Å². The van der Waals surface area contributed by atoms with E-state index in [9.17, 15) is 9.59 Å². The van der Waals surface area contributed by atoms with Crippen molar-refractivity contribution in [1.29, 1.82) is 0 Å². The fourth-order valence-electron chi connectivity index (χ4n) is 3.10. The van der Waals surface area contributed by atoms with Gasteiger partial charge < -0.3 is 16.0 Å². The van der Waals surface area contributed by atoms with Crippen LogP contribution in [0, 0.1) is 0 Å². The molecule has 136 valence electrons. The second kappa shape index (κ2) is 7.98. The first-order chi connectivity index (χ1) is 12.4. The van der Waals surface area contributed by atoms with Gasteiger partial charge in [-0.2, -0.15) is 0 Å². The molecule has 3 N–H and O–H groups in total. The minimum absolute atomic E-state index is 0.0726. The van der Waals surface area contributed by atoms with E-state index in [1.807, 2.05) is 12.1 Å². The van der Waals surface area contributed by atoms with Gasteiger partial charge >= 0.3 is 0 Å². The maximum Gasteiger partial charge on any atom is 0.247 e. The van der Waals surface area contributed by atoms with Gasteiger partial charge in [-0.05, 0) is 48.7 Å². The lowest BCUT2D eigenvalue weighted by atomic mass is 10.1. The number of nitrogens with two attached hydrogens (primary N) is 1. The molecule has 2 aromatic carbocycles. The molecule has 1 heterocycles. The van der Waals surface area contributed by atoms with E-state index in [0.29, 0.717) is 34.4 Å². The van der Waals surface area contributed by atoms with E-state index in [1.165, 1.54) is 0 Å². The first-order valence-corrected chi connectivity index (χ1v) is 9.09. The predicted molar refractivity (Wildman–Crippen MR) is 104 cm³/mol. The molecule has 1 atom stereocenters. The van der Waals surface area contributed by atoms with Crippen LogP contribution in [-0.4, -0.2) is 29.3 Å². The van der Waals surface area contributed by atoms with Crippen molar-refractivity contribution < 1.29 is 9.59 Å². The quantitative estimate of drug-likeness (QED) is 0.779. The summed E-state index contributed by atoms with van der Waals surface area (Å²) < 4.78 is 0. The topological polar surface area (TPSA) is 75.4 Å². The van der Waals surface area contributed by atoms with Crippen molar-refractivity contribution in [2.75, 3.05) is 17.6 Å². The van der Waals surface area contributed by atoms with Crippen LogP contribution in [0.3, 0.4) is 0 Å². The van der Waals surface area contributed by atoms with Crippen LogP contribution in [0.5, 0.6) is 0 Å². The number of nitrogens with zero attached hydrogens (tertiary/aromatic N) is 1. The van der Waals surface area contributed by atoms with E-state index >= 15 is 0 Å². The summed E-state index contributed by atoms with van der Waals surface area (Å²) in [6.07, 6.45) is 1.67. The van der Waals surface area contributed by atoms with Gasteiger partial charge in [0.15, 0.2) is 0 Å². The van der Waals surface area contributed by atoms with E-state index < -0.39 is 6.04 Å². The summed E-state index contributed by atoms with van der Waals surface area (Å²) in [4.78, 5) is 26.9. The Bertz CT molecular complexity index is 804. The average molecular weight is 392 g/mol. The van der Waals surface area contributed by atoms with Crippen LogP contribution in [0.4, 0.5) is 11.4 Å². The maximum atomic E-state index is 12.6. The molecule has 0 bridgehead atoms. The highest BCUT2D eigenvalue weighted by molar-refractivity contribution is 6.35. The summed E-state index contributed by atoms with van der Waals surface area (Å²) in [6.45, 7) is 0.572. The van der Waals surface area contributed by atoms with Crippen LogP contribution in [0.2, 0.25) is 10.0 Å². The van der Waals surface area contributed by atoms with Gasteiger partial charge in [0.05, 0.1) is 6.42 Å².